The lowest BCUT2D eigenvalue weighted by molar-refractivity contribution is 0.0952. The molecule has 0 aliphatic carbocycles. The molecular formula is C20H18N2O4. The summed E-state index contributed by atoms with van der Waals surface area (Å²) >= 11 is 0. The molecule has 0 aliphatic heterocycles. The third kappa shape index (κ3) is 3.44. The van der Waals surface area contributed by atoms with Gasteiger partial charge in [-0.3, -0.25) is 4.79 Å². The molecule has 3 N–H and O–H groups in total. The van der Waals surface area contributed by atoms with E-state index in [2.05, 4.69) is 10.5 Å². The Morgan fingerprint density at radius 2 is 1.62 bits per heavy atom. The highest BCUT2D eigenvalue weighted by atomic mass is 16.5. The van der Waals surface area contributed by atoms with Gasteiger partial charge >= 0.3 is 0 Å². The second kappa shape index (κ2) is 7.14. The molecule has 0 heterocycles. The van der Waals surface area contributed by atoms with Gasteiger partial charge in [-0.1, -0.05) is 24.3 Å². The van der Waals surface area contributed by atoms with E-state index >= 15 is 0 Å². The van der Waals surface area contributed by atoms with Gasteiger partial charge < -0.3 is 14.9 Å². The summed E-state index contributed by atoms with van der Waals surface area (Å²) in [5.74, 6) is -0.153. The van der Waals surface area contributed by atoms with Crippen LogP contribution in [0, 0.1) is 0 Å². The second-order valence-electron chi connectivity index (χ2n) is 5.74. The van der Waals surface area contributed by atoms with Crippen molar-refractivity contribution in [2.45, 2.75) is 6.92 Å². The fourth-order valence-electron chi connectivity index (χ4n) is 2.61. The number of fused-ring (bicyclic) bond motifs is 1. The Labute approximate surface area is 150 Å². The molecule has 6 heteroatoms. The van der Waals surface area contributed by atoms with Crippen LogP contribution in [0.5, 0.6) is 17.2 Å². The minimum Gasteiger partial charge on any atom is -0.507 e. The topological polar surface area (TPSA) is 91.2 Å². The number of hydrogen-bond acceptors (Lipinski definition) is 5. The molecule has 132 valence electrons. The lowest BCUT2D eigenvalue weighted by Gasteiger charge is -2.08. The summed E-state index contributed by atoms with van der Waals surface area (Å²) in [4.78, 5) is 12.4. The quantitative estimate of drug-likeness (QED) is 0.497. The molecule has 0 atom stereocenters. The predicted molar refractivity (Wildman–Crippen MR) is 99.9 cm³/mol. The minimum absolute atomic E-state index is 0.00611. The number of hydrazone groups is 1. The monoisotopic (exact) mass is 350 g/mol. The average molecular weight is 350 g/mol. The van der Waals surface area contributed by atoms with Gasteiger partial charge in [0.15, 0.2) is 0 Å². The molecule has 0 fully saturated rings. The van der Waals surface area contributed by atoms with E-state index < -0.39 is 5.91 Å². The number of rotatable bonds is 4. The van der Waals surface area contributed by atoms with Crippen LogP contribution in [0.15, 0.2) is 59.7 Å². The largest absolute Gasteiger partial charge is 0.507 e. The molecule has 3 aromatic rings. The number of ether oxygens (including phenoxy) is 1. The van der Waals surface area contributed by atoms with Crippen molar-refractivity contribution >= 4 is 22.4 Å². The first-order valence-corrected chi connectivity index (χ1v) is 7.93. The number of carbonyl (C=O) groups excluding carboxylic acids is 1. The molecule has 3 aromatic carbocycles. The first-order valence-electron chi connectivity index (χ1n) is 7.93. The Kier molecular flexibility index (Phi) is 4.75. The van der Waals surface area contributed by atoms with E-state index in [0.29, 0.717) is 17.0 Å². The highest BCUT2D eigenvalue weighted by molar-refractivity contribution is 6.04. The number of nitrogens with zero attached hydrogens (tertiary/aromatic N) is 1. The van der Waals surface area contributed by atoms with Gasteiger partial charge in [-0.05, 0) is 42.0 Å². The highest BCUT2D eigenvalue weighted by Gasteiger charge is 2.13. The van der Waals surface area contributed by atoms with E-state index in [1.165, 1.54) is 19.2 Å². The molecular weight excluding hydrogens is 332 g/mol. The van der Waals surface area contributed by atoms with Crippen LogP contribution in [0.25, 0.3) is 10.8 Å². The lowest BCUT2D eigenvalue weighted by atomic mass is 10.1. The number of phenols is 2. The Morgan fingerprint density at radius 3 is 2.27 bits per heavy atom. The van der Waals surface area contributed by atoms with Gasteiger partial charge in [-0.25, -0.2) is 5.43 Å². The Bertz CT molecular complexity index is 1010. The molecule has 3 rings (SSSR count). The van der Waals surface area contributed by atoms with Crippen LogP contribution in [0.1, 0.15) is 22.8 Å². The summed E-state index contributed by atoms with van der Waals surface area (Å²) in [5.41, 5.74) is 3.41. The maximum atomic E-state index is 12.4. The van der Waals surface area contributed by atoms with E-state index in [9.17, 15) is 15.0 Å². The normalized spacial score (nSPS) is 11.4. The summed E-state index contributed by atoms with van der Waals surface area (Å²) in [6.07, 6.45) is 0. The molecule has 0 saturated carbocycles. The number of nitrogens with one attached hydrogen (secondary N) is 1. The van der Waals surface area contributed by atoms with Crippen LogP contribution in [-0.4, -0.2) is 28.9 Å². The lowest BCUT2D eigenvalue weighted by Crippen LogP contribution is -2.19. The van der Waals surface area contributed by atoms with Crippen LogP contribution in [0.2, 0.25) is 0 Å². The summed E-state index contributed by atoms with van der Waals surface area (Å²) in [6, 6.07) is 15.4. The maximum absolute atomic E-state index is 12.4. The number of carbonyl (C=O) groups is 1. The summed E-state index contributed by atoms with van der Waals surface area (Å²) in [6.45, 7) is 1.65. The standard InChI is InChI=1S/C20H18N2O4/c1-12(16-8-7-15(26-2)11-19(16)24)21-22-20(25)17-9-13-5-3-4-6-14(13)10-18(17)23/h3-11,23-24H,1-2H3,(H,22,25). The summed E-state index contributed by atoms with van der Waals surface area (Å²) < 4.78 is 5.04. The van der Waals surface area contributed by atoms with Crippen molar-refractivity contribution in [2.75, 3.05) is 7.11 Å². The zero-order valence-corrected chi connectivity index (χ0v) is 14.4. The van der Waals surface area contributed by atoms with Crippen LogP contribution in [-0.2, 0) is 0 Å². The molecule has 0 radical (unpaired) electrons. The molecule has 0 aliphatic rings. The smallest absolute Gasteiger partial charge is 0.275 e. The number of aromatic hydroxyl groups is 2. The fraction of sp³-hybridized carbons (Fsp3) is 0.100. The van der Waals surface area contributed by atoms with Crippen LogP contribution >= 0.6 is 0 Å². The first kappa shape index (κ1) is 17.3. The van der Waals surface area contributed by atoms with Gasteiger partial charge in [0.2, 0.25) is 0 Å². The third-order valence-corrected chi connectivity index (χ3v) is 4.03. The average Bonchev–Trinajstić information content (AvgIpc) is 2.65. The molecule has 26 heavy (non-hydrogen) atoms. The van der Waals surface area contributed by atoms with Crippen molar-refractivity contribution in [3.8, 4) is 17.2 Å². The van der Waals surface area contributed by atoms with Gasteiger partial charge in [-0.2, -0.15) is 5.10 Å². The molecule has 0 bridgehead atoms. The molecule has 1 amide bonds. The van der Waals surface area contributed by atoms with Gasteiger partial charge in [0, 0.05) is 11.6 Å². The molecule has 6 nitrogen and oxygen atoms in total. The van der Waals surface area contributed by atoms with Crippen molar-refractivity contribution in [1.82, 2.24) is 5.43 Å². The van der Waals surface area contributed by atoms with Crippen LogP contribution in [0.4, 0.5) is 0 Å². The van der Waals surface area contributed by atoms with E-state index in [4.69, 9.17) is 4.74 Å². The van der Waals surface area contributed by atoms with Crippen molar-refractivity contribution in [3.63, 3.8) is 0 Å². The van der Waals surface area contributed by atoms with Gasteiger partial charge in [0.25, 0.3) is 5.91 Å². The summed E-state index contributed by atoms with van der Waals surface area (Å²) in [7, 11) is 1.51. The number of amides is 1. The number of hydrogen-bond donors (Lipinski definition) is 3. The van der Waals surface area contributed by atoms with Crippen molar-refractivity contribution in [3.05, 3.63) is 65.7 Å². The fourth-order valence-corrected chi connectivity index (χ4v) is 2.61. The number of phenolic OH excluding ortho intramolecular Hbond substituents is 2. The Balaban J connectivity index is 1.84. The molecule has 0 aromatic heterocycles. The molecule has 0 saturated heterocycles. The zero-order valence-electron chi connectivity index (χ0n) is 14.4. The molecule has 0 spiro atoms. The number of benzene rings is 3. The summed E-state index contributed by atoms with van der Waals surface area (Å²) in [5, 5.41) is 25.8. The number of methoxy groups -OCH3 is 1. The maximum Gasteiger partial charge on any atom is 0.275 e. The Morgan fingerprint density at radius 1 is 0.962 bits per heavy atom. The highest BCUT2D eigenvalue weighted by Crippen LogP contribution is 2.26. The van der Waals surface area contributed by atoms with Crippen molar-refractivity contribution < 1.29 is 19.7 Å². The Hall–Kier alpha value is -3.54. The van der Waals surface area contributed by atoms with Gasteiger partial charge in [-0.15, -0.1) is 0 Å². The van der Waals surface area contributed by atoms with E-state index in [1.807, 2.05) is 24.3 Å². The van der Waals surface area contributed by atoms with Crippen LogP contribution in [0.3, 0.4) is 0 Å². The van der Waals surface area contributed by atoms with Gasteiger partial charge in [0.05, 0.1) is 18.4 Å². The predicted octanol–water partition coefficient (Wildman–Crippen LogP) is 3.41. The SMILES string of the molecule is COc1ccc(C(C)=NNC(=O)c2cc3ccccc3cc2O)c(O)c1. The second-order valence-corrected chi connectivity index (χ2v) is 5.74. The minimum atomic E-state index is -0.541. The van der Waals surface area contributed by atoms with Gasteiger partial charge in [0.1, 0.15) is 17.2 Å². The van der Waals surface area contributed by atoms with Crippen LogP contribution < -0.4 is 10.2 Å². The third-order valence-electron chi connectivity index (χ3n) is 4.03. The van der Waals surface area contributed by atoms with Crippen molar-refractivity contribution in [2.24, 2.45) is 5.10 Å². The molecule has 0 unspecified atom stereocenters. The van der Waals surface area contributed by atoms with E-state index in [-0.39, 0.29) is 17.1 Å². The van der Waals surface area contributed by atoms with E-state index in [0.717, 1.165) is 10.8 Å². The first-order chi connectivity index (χ1) is 12.5. The van der Waals surface area contributed by atoms with E-state index in [1.54, 1.807) is 25.1 Å². The van der Waals surface area contributed by atoms with Crippen molar-refractivity contribution in [1.29, 1.82) is 0 Å². The zero-order chi connectivity index (χ0) is 18.7.